The first-order valence-electron chi connectivity index (χ1n) is 13.8. The van der Waals surface area contributed by atoms with Gasteiger partial charge in [-0.1, -0.05) is 54.0 Å². The second-order valence-corrected chi connectivity index (χ2v) is 13.9. The van der Waals surface area contributed by atoms with E-state index in [9.17, 15) is 4.79 Å². The van der Waals surface area contributed by atoms with Crippen molar-refractivity contribution in [2.45, 2.75) is 106 Å². The summed E-state index contributed by atoms with van der Waals surface area (Å²) in [6.45, 7) is 17.9. The Morgan fingerprint density at radius 2 is 1.61 bits per heavy atom. The lowest BCUT2D eigenvalue weighted by atomic mass is 9.46. The third-order valence-electron chi connectivity index (χ3n) is 12.7. The molecule has 5 aliphatic rings. The molecule has 0 aliphatic heterocycles. The van der Waals surface area contributed by atoms with Crippen molar-refractivity contribution in [3.63, 3.8) is 0 Å². The number of carbonyl (C=O) groups excluding carboxylic acids is 1. The van der Waals surface area contributed by atoms with E-state index in [1.165, 1.54) is 50.5 Å². The topological polar surface area (TPSA) is 17.1 Å². The van der Waals surface area contributed by atoms with Gasteiger partial charge in [-0.25, -0.2) is 0 Å². The van der Waals surface area contributed by atoms with Crippen LogP contribution in [0.2, 0.25) is 0 Å². The van der Waals surface area contributed by atoms with Crippen molar-refractivity contribution in [3.05, 3.63) is 11.6 Å². The second-order valence-electron chi connectivity index (χ2n) is 13.9. The highest BCUT2D eigenvalue weighted by Gasteiger charge is 2.63. The van der Waals surface area contributed by atoms with Crippen LogP contribution in [0.1, 0.15) is 106 Å². The maximum absolute atomic E-state index is 12.1. The average Bonchev–Trinajstić information content (AvgIpc) is 3.29. The molecular formula is C30H48O. The predicted octanol–water partition coefficient (Wildman–Crippen LogP) is 8.09. The Morgan fingerprint density at radius 1 is 0.871 bits per heavy atom. The molecule has 0 saturated heterocycles. The Bertz CT molecular complexity index is 777. The fourth-order valence-electron chi connectivity index (χ4n) is 10.2. The highest BCUT2D eigenvalue weighted by Crippen LogP contribution is 2.71. The van der Waals surface area contributed by atoms with Crippen LogP contribution >= 0.6 is 0 Å². The second kappa shape index (κ2) is 7.20. The van der Waals surface area contributed by atoms with E-state index in [1.807, 2.05) is 0 Å². The molecule has 0 radical (unpaired) electrons. The Hall–Kier alpha value is -0.590. The number of fused-ring (bicyclic) bond motifs is 5. The fourth-order valence-corrected chi connectivity index (χ4v) is 10.2. The molecule has 1 heteroatoms. The minimum Gasteiger partial charge on any atom is -0.295 e. The smallest absolute Gasteiger partial charge is 0.155 e. The van der Waals surface area contributed by atoms with Gasteiger partial charge in [-0.05, 0) is 121 Å². The van der Waals surface area contributed by atoms with Gasteiger partial charge in [0, 0.05) is 6.42 Å². The monoisotopic (exact) mass is 424 g/mol. The number of allylic oxidation sites excluding steroid dienone is 1. The largest absolute Gasteiger partial charge is 0.295 e. The van der Waals surface area contributed by atoms with Gasteiger partial charge in [0.15, 0.2) is 5.78 Å². The maximum atomic E-state index is 12.1. The molecule has 0 bridgehead atoms. The van der Waals surface area contributed by atoms with Crippen LogP contribution in [-0.2, 0) is 4.79 Å². The van der Waals surface area contributed by atoms with Crippen LogP contribution in [0, 0.1) is 63.6 Å². The van der Waals surface area contributed by atoms with Crippen LogP contribution in [0.25, 0.3) is 0 Å². The SMILES string of the molecule is CC(C)C(C)C1(C)CC1C(C)C1CCC2C3CCC4=CC(=O)CCC4(C)C3CCC12C. The van der Waals surface area contributed by atoms with Gasteiger partial charge < -0.3 is 0 Å². The fraction of sp³-hybridized carbons (Fsp3) is 0.900. The summed E-state index contributed by atoms with van der Waals surface area (Å²) in [5.41, 5.74) is 3.00. The van der Waals surface area contributed by atoms with E-state index in [1.54, 1.807) is 0 Å². The highest BCUT2D eigenvalue weighted by molar-refractivity contribution is 5.91. The van der Waals surface area contributed by atoms with Crippen LogP contribution in [0.3, 0.4) is 0 Å². The lowest BCUT2D eigenvalue weighted by molar-refractivity contribution is -0.117. The number of hydrogen-bond donors (Lipinski definition) is 0. The van der Waals surface area contributed by atoms with Gasteiger partial charge >= 0.3 is 0 Å². The van der Waals surface area contributed by atoms with E-state index in [4.69, 9.17) is 0 Å². The van der Waals surface area contributed by atoms with E-state index in [-0.39, 0.29) is 0 Å². The predicted molar refractivity (Wildman–Crippen MR) is 130 cm³/mol. The minimum atomic E-state index is 0.323. The van der Waals surface area contributed by atoms with Gasteiger partial charge in [0.1, 0.15) is 0 Å². The van der Waals surface area contributed by atoms with Crippen molar-refractivity contribution >= 4 is 5.78 Å². The highest BCUT2D eigenvalue weighted by atomic mass is 16.1. The molecule has 0 N–H and O–H groups in total. The van der Waals surface area contributed by atoms with Crippen molar-refractivity contribution in [2.24, 2.45) is 63.6 Å². The van der Waals surface area contributed by atoms with E-state index in [0.717, 1.165) is 60.2 Å². The molecule has 4 fully saturated rings. The Morgan fingerprint density at radius 3 is 2.32 bits per heavy atom. The zero-order valence-electron chi connectivity index (χ0n) is 21.5. The van der Waals surface area contributed by atoms with Gasteiger partial charge in [-0.3, -0.25) is 4.79 Å². The molecule has 0 amide bonds. The van der Waals surface area contributed by atoms with Crippen molar-refractivity contribution < 1.29 is 4.79 Å². The van der Waals surface area contributed by atoms with Gasteiger partial charge in [-0.15, -0.1) is 0 Å². The summed E-state index contributed by atoms with van der Waals surface area (Å²) >= 11 is 0. The quantitative estimate of drug-likeness (QED) is 0.445. The minimum absolute atomic E-state index is 0.323. The molecule has 10 atom stereocenters. The Kier molecular flexibility index (Phi) is 5.16. The molecule has 0 aromatic heterocycles. The van der Waals surface area contributed by atoms with Gasteiger partial charge in [0.05, 0.1) is 0 Å². The third kappa shape index (κ3) is 3.10. The van der Waals surface area contributed by atoms with Gasteiger partial charge in [0.25, 0.3) is 0 Å². The van der Waals surface area contributed by atoms with Gasteiger partial charge in [0.2, 0.25) is 0 Å². The number of rotatable bonds is 4. The summed E-state index contributed by atoms with van der Waals surface area (Å²) in [5, 5.41) is 0. The average molecular weight is 425 g/mol. The first kappa shape index (κ1) is 22.2. The van der Waals surface area contributed by atoms with E-state index >= 15 is 0 Å². The molecule has 0 aromatic rings. The molecule has 5 aliphatic carbocycles. The van der Waals surface area contributed by atoms with Crippen LogP contribution in [-0.4, -0.2) is 5.78 Å². The summed E-state index contributed by atoms with van der Waals surface area (Å²) in [6, 6.07) is 0. The Balaban J connectivity index is 1.35. The molecule has 0 aromatic carbocycles. The van der Waals surface area contributed by atoms with E-state index in [2.05, 4.69) is 54.5 Å². The normalized spacial score (nSPS) is 50.9. The molecule has 0 heterocycles. The first-order chi connectivity index (χ1) is 14.5. The molecule has 10 unspecified atom stereocenters. The summed E-state index contributed by atoms with van der Waals surface area (Å²) in [7, 11) is 0. The molecule has 5 rings (SSSR count). The lowest BCUT2D eigenvalue weighted by Gasteiger charge is -2.58. The third-order valence-corrected chi connectivity index (χ3v) is 12.7. The van der Waals surface area contributed by atoms with Gasteiger partial charge in [-0.2, -0.15) is 0 Å². The maximum Gasteiger partial charge on any atom is 0.155 e. The number of ketones is 1. The summed E-state index contributed by atoms with van der Waals surface area (Å²) in [6.07, 6.45) is 13.8. The first-order valence-corrected chi connectivity index (χ1v) is 13.8. The molecule has 31 heavy (non-hydrogen) atoms. The zero-order chi connectivity index (χ0) is 22.3. The standard InChI is InChI=1S/C30H48O/c1-18(2)20(4)30(7)17-27(30)19(3)24-10-11-25-23-9-8-21-16-22(31)12-14-28(21,5)26(23)13-15-29(24,25)6/h16,18-20,23-27H,8-15,17H2,1-7H3. The molecule has 0 spiro atoms. The molecular weight excluding hydrogens is 376 g/mol. The van der Waals surface area contributed by atoms with Crippen LogP contribution < -0.4 is 0 Å². The van der Waals surface area contributed by atoms with Crippen molar-refractivity contribution in [1.82, 2.24) is 0 Å². The zero-order valence-corrected chi connectivity index (χ0v) is 21.5. The molecule has 174 valence electrons. The Labute approximate surface area is 192 Å². The summed E-state index contributed by atoms with van der Waals surface area (Å²) in [4.78, 5) is 12.1. The molecule has 1 nitrogen and oxygen atoms in total. The van der Waals surface area contributed by atoms with Crippen molar-refractivity contribution in [2.75, 3.05) is 0 Å². The van der Waals surface area contributed by atoms with Crippen LogP contribution in [0.5, 0.6) is 0 Å². The summed E-state index contributed by atoms with van der Waals surface area (Å²) in [5.74, 6) is 7.49. The van der Waals surface area contributed by atoms with Crippen molar-refractivity contribution in [1.29, 1.82) is 0 Å². The van der Waals surface area contributed by atoms with Crippen molar-refractivity contribution in [3.8, 4) is 0 Å². The number of carbonyl (C=O) groups is 1. The van der Waals surface area contributed by atoms with E-state index < -0.39 is 0 Å². The van der Waals surface area contributed by atoms with Crippen LogP contribution in [0.15, 0.2) is 11.6 Å². The summed E-state index contributed by atoms with van der Waals surface area (Å²) < 4.78 is 0. The van der Waals surface area contributed by atoms with Crippen LogP contribution in [0.4, 0.5) is 0 Å². The molecule has 4 saturated carbocycles. The number of hydrogen-bond acceptors (Lipinski definition) is 1. The van der Waals surface area contributed by atoms with E-state index in [0.29, 0.717) is 22.0 Å². The lowest BCUT2D eigenvalue weighted by Crippen LogP contribution is -2.51.